The van der Waals surface area contributed by atoms with Gasteiger partial charge in [0.1, 0.15) is 6.33 Å². The number of benzene rings is 1. The number of amides is 1. The minimum atomic E-state index is -4.35. The summed E-state index contributed by atoms with van der Waals surface area (Å²) in [6.07, 6.45) is -2.97. The number of anilines is 1. The van der Waals surface area contributed by atoms with Crippen LogP contribution in [0.5, 0.6) is 0 Å². The molecule has 0 aliphatic heterocycles. The highest BCUT2D eigenvalue weighted by atomic mass is 19.4. The molecular weight excluding hydrogens is 289 g/mol. The van der Waals surface area contributed by atoms with Crippen molar-refractivity contribution >= 4 is 11.6 Å². The molecule has 1 heterocycles. The minimum absolute atomic E-state index is 0.432. The Morgan fingerprint density at radius 2 is 2.14 bits per heavy atom. The molecular formula is C11H11F3N6O. The molecule has 7 nitrogen and oxygen atoms in total. The molecule has 1 aromatic carbocycles. The molecule has 0 bridgehead atoms. The number of hydrogen-bond acceptors (Lipinski definition) is 5. The zero-order chi connectivity index (χ0) is 15.3. The van der Waals surface area contributed by atoms with Gasteiger partial charge in [-0.1, -0.05) is 6.07 Å². The van der Waals surface area contributed by atoms with Crippen molar-refractivity contribution in [2.45, 2.75) is 6.18 Å². The summed E-state index contributed by atoms with van der Waals surface area (Å²) < 4.78 is 37.2. The summed E-state index contributed by atoms with van der Waals surface area (Å²) in [4.78, 5) is 11.5. The summed E-state index contributed by atoms with van der Waals surface area (Å²) in [6, 6.07) is 6.58. The van der Waals surface area contributed by atoms with E-state index in [-0.39, 0.29) is 0 Å². The normalized spacial score (nSPS) is 11.4. The number of nitrogens with zero attached hydrogens (tertiary/aromatic N) is 4. The van der Waals surface area contributed by atoms with Gasteiger partial charge >= 0.3 is 6.18 Å². The third-order valence-electron chi connectivity index (χ3n) is 2.35. The van der Waals surface area contributed by atoms with Crippen LogP contribution in [0.1, 0.15) is 0 Å². The largest absolute Gasteiger partial charge is 0.401 e. The number of nitrogens with one attached hydrogen (secondary N) is 2. The second-order valence-corrected chi connectivity index (χ2v) is 4.07. The van der Waals surface area contributed by atoms with E-state index in [2.05, 4.69) is 20.8 Å². The van der Waals surface area contributed by atoms with Gasteiger partial charge in [-0.25, -0.2) is 4.68 Å². The molecule has 10 heteroatoms. The highest BCUT2D eigenvalue weighted by molar-refractivity contribution is 5.92. The van der Waals surface area contributed by atoms with Gasteiger partial charge in [0, 0.05) is 5.69 Å². The van der Waals surface area contributed by atoms with Crippen molar-refractivity contribution in [2.24, 2.45) is 0 Å². The number of rotatable bonds is 5. The summed E-state index contributed by atoms with van der Waals surface area (Å²) in [6.45, 7) is -1.65. The number of aromatic nitrogens is 4. The summed E-state index contributed by atoms with van der Waals surface area (Å²) in [5.41, 5.74) is 1.04. The van der Waals surface area contributed by atoms with E-state index < -0.39 is 25.2 Å². The molecule has 1 amide bonds. The monoisotopic (exact) mass is 300 g/mol. The summed E-state index contributed by atoms with van der Waals surface area (Å²) in [7, 11) is 0. The topological polar surface area (TPSA) is 84.7 Å². The fraction of sp³-hybridized carbons (Fsp3) is 0.273. The van der Waals surface area contributed by atoms with E-state index in [4.69, 9.17) is 0 Å². The average Bonchev–Trinajstić information content (AvgIpc) is 2.91. The third kappa shape index (κ3) is 4.84. The van der Waals surface area contributed by atoms with E-state index >= 15 is 0 Å². The molecule has 0 fully saturated rings. The Bertz CT molecular complexity index is 598. The van der Waals surface area contributed by atoms with Gasteiger partial charge < -0.3 is 10.6 Å². The Morgan fingerprint density at radius 1 is 1.33 bits per heavy atom. The third-order valence-corrected chi connectivity index (χ3v) is 2.35. The van der Waals surface area contributed by atoms with E-state index in [1.807, 2.05) is 5.32 Å². The molecule has 2 rings (SSSR count). The van der Waals surface area contributed by atoms with Crippen LogP contribution in [-0.4, -0.2) is 45.4 Å². The van der Waals surface area contributed by atoms with Crippen LogP contribution in [-0.2, 0) is 4.79 Å². The van der Waals surface area contributed by atoms with Crippen LogP contribution in [0.15, 0.2) is 30.6 Å². The van der Waals surface area contributed by atoms with Crippen molar-refractivity contribution in [3.05, 3.63) is 30.6 Å². The second kappa shape index (κ2) is 6.31. The number of alkyl halides is 3. The van der Waals surface area contributed by atoms with Crippen LogP contribution < -0.4 is 10.6 Å². The van der Waals surface area contributed by atoms with Crippen LogP contribution in [0.4, 0.5) is 18.9 Å². The summed E-state index contributed by atoms with van der Waals surface area (Å²) in [5.74, 6) is -0.576. The highest BCUT2D eigenvalue weighted by Crippen LogP contribution is 2.13. The average molecular weight is 300 g/mol. The van der Waals surface area contributed by atoms with E-state index in [9.17, 15) is 18.0 Å². The smallest absolute Gasteiger partial charge is 0.325 e. The Labute approximate surface area is 117 Å². The first kappa shape index (κ1) is 14.9. The standard InChI is InChI=1S/C11H11F3N6O/c12-11(13,14)6-15-5-10(21)17-8-2-1-3-9(4-8)20-7-16-18-19-20/h1-4,7,15H,5-6H2,(H,17,21). The Balaban J connectivity index is 1.91. The number of tetrazole rings is 1. The Kier molecular flexibility index (Phi) is 4.48. The van der Waals surface area contributed by atoms with Crippen molar-refractivity contribution in [2.75, 3.05) is 18.4 Å². The maximum Gasteiger partial charge on any atom is 0.401 e. The minimum Gasteiger partial charge on any atom is -0.325 e. The van der Waals surface area contributed by atoms with Crippen molar-refractivity contribution < 1.29 is 18.0 Å². The maximum absolute atomic E-state index is 11.9. The first-order valence-corrected chi connectivity index (χ1v) is 5.85. The van der Waals surface area contributed by atoms with Gasteiger partial charge in [-0.15, -0.1) is 5.10 Å². The van der Waals surface area contributed by atoms with E-state index in [1.54, 1.807) is 24.3 Å². The van der Waals surface area contributed by atoms with Gasteiger partial charge in [0.2, 0.25) is 5.91 Å². The fourth-order valence-electron chi connectivity index (χ4n) is 1.53. The van der Waals surface area contributed by atoms with Crippen LogP contribution in [0.2, 0.25) is 0 Å². The molecule has 0 spiro atoms. The molecule has 1 aromatic heterocycles. The Morgan fingerprint density at radius 3 is 2.81 bits per heavy atom. The SMILES string of the molecule is O=C(CNCC(F)(F)F)Nc1cccc(-n2cnnn2)c1. The summed E-state index contributed by atoms with van der Waals surface area (Å²) in [5, 5.41) is 15.1. The molecule has 112 valence electrons. The lowest BCUT2D eigenvalue weighted by atomic mass is 10.2. The first-order valence-electron chi connectivity index (χ1n) is 5.85. The second-order valence-electron chi connectivity index (χ2n) is 4.07. The van der Waals surface area contributed by atoms with Crippen molar-refractivity contribution in [3.63, 3.8) is 0 Å². The van der Waals surface area contributed by atoms with Crippen LogP contribution >= 0.6 is 0 Å². The first-order chi connectivity index (χ1) is 9.94. The molecule has 21 heavy (non-hydrogen) atoms. The van der Waals surface area contributed by atoms with Gasteiger partial charge in [0.15, 0.2) is 0 Å². The highest BCUT2D eigenvalue weighted by Gasteiger charge is 2.26. The molecule has 2 aromatic rings. The zero-order valence-corrected chi connectivity index (χ0v) is 10.6. The van der Waals surface area contributed by atoms with Gasteiger partial charge in [0.05, 0.1) is 18.8 Å². The number of hydrogen-bond donors (Lipinski definition) is 2. The molecule has 0 aliphatic rings. The number of carbonyl (C=O) groups excluding carboxylic acids is 1. The molecule has 0 aliphatic carbocycles. The lowest BCUT2D eigenvalue weighted by molar-refractivity contribution is -0.126. The summed E-state index contributed by atoms with van der Waals surface area (Å²) >= 11 is 0. The molecule has 0 radical (unpaired) electrons. The van der Waals surface area contributed by atoms with E-state index in [1.165, 1.54) is 11.0 Å². The van der Waals surface area contributed by atoms with Crippen molar-refractivity contribution in [1.82, 2.24) is 25.5 Å². The van der Waals surface area contributed by atoms with E-state index in [0.717, 1.165) is 0 Å². The zero-order valence-electron chi connectivity index (χ0n) is 10.6. The lowest BCUT2D eigenvalue weighted by Crippen LogP contribution is -2.35. The van der Waals surface area contributed by atoms with E-state index in [0.29, 0.717) is 11.4 Å². The number of carbonyl (C=O) groups is 1. The van der Waals surface area contributed by atoms with Crippen molar-refractivity contribution in [1.29, 1.82) is 0 Å². The molecule has 2 N–H and O–H groups in total. The molecule has 0 unspecified atom stereocenters. The van der Waals surface area contributed by atoms with Gasteiger partial charge in [-0.05, 0) is 28.6 Å². The van der Waals surface area contributed by atoms with Gasteiger partial charge in [-0.3, -0.25) is 4.79 Å². The predicted octanol–water partition coefficient (Wildman–Crippen LogP) is 0.753. The van der Waals surface area contributed by atoms with Gasteiger partial charge in [-0.2, -0.15) is 13.2 Å². The van der Waals surface area contributed by atoms with Gasteiger partial charge in [0.25, 0.3) is 0 Å². The molecule has 0 saturated heterocycles. The van der Waals surface area contributed by atoms with Crippen molar-refractivity contribution in [3.8, 4) is 5.69 Å². The number of halogens is 3. The fourth-order valence-corrected chi connectivity index (χ4v) is 1.53. The predicted molar refractivity (Wildman–Crippen MR) is 66.7 cm³/mol. The Hall–Kier alpha value is -2.49. The molecule has 0 atom stereocenters. The van der Waals surface area contributed by atoms with Crippen LogP contribution in [0, 0.1) is 0 Å². The molecule has 0 saturated carbocycles. The maximum atomic E-state index is 11.9. The van der Waals surface area contributed by atoms with Crippen LogP contribution in [0.25, 0.3) is 5.69 Å². The quantitative estimate of drug-likeness (QED) is 0.851. The lowest BCUT2D eigenvalue weighted by Gasteiger charge is -2.09. The van der Waals surface area contributed by atoms with Crippen LogP contribution in [0.3, 0.4) is 0 Å².